The highest BCUT2D eigenvalue weighted by molar-refractivity contribution is 7.94. The van der Waals surface area contributed by atoms with Gasteiger partial charge in [0, 0.05) is 11.1 Å². The van der Waals surface area contributed by atoms with Crippen LogP contribution in [0.25, 0.3) is 0 Å². The lowest BCUT2D eigenvalue weighted by Gasteiger charge is -2.51. The van der Waals surface area contributed by atoms with Gasteiger partial charge in [-0.05, 0) is 93.6 Å². The smallest absolute Gasteiger partial charge is 0.277 e. The molecule has 7 nitrogen and oxygen atoms in total. The molecule has 0 atom stereocenters. The highest BCUT2D eigenvalue weighted by atomic mass is 35.5. The van der Waals surface area contributed by atoms with Crippen molar-refractivity contribution in [3.63, 3.8) is 0 Å². The van der Waals surface area contributed by atoms with Crippen LogP contribution in [0.2, 0.25) is 0 Å². The van der Waals surface area contributed by atoms with E-state index in [0.29, 0.717) is 22.5 Å². The third-order valence-electron chi connectivity index (χ3n) is 11.7. The van der Waals surface area contributed by atoms with Crippen molar-refractivity contribution in [1.82, 2.24) is 18.4 Å². The average Bonchev–Trinajstić information content (AvgIpc) is 3.65. The van der Waals surface area contributed by atoms with E-state index in [1.165, 1.54) is 4.52 Å². The van der Waals surface area contributed by atoms with E-state index in [2.05, 4.69) is 155 Å². The second-order valence-electron chi connectivity index (χ2n) is 14.7. The third-order valence-corrected chi connectivity index (χ3v) is 20.4. The fourth-order valence-electron chi connectivity index (χ4n) is 9.02. The van der Waals surface area contributed by atoms with Crippen molar-refractivity contribution in [1.29, 1.82) is 0 Å². The number of hydrogen-bond acceptors (Lipinski definition) is 5. The zero-order chi connectivity index (χ0) is 39.4. The van der Waals surface area contributed by atoms with Gasteiger partial charge >= 0.3 is 0 Å². The minimum Gasteiger partial charge on any atom is -1.00 e. The maximum Gasteiger partial charge on any atom is 0.277 e. The standard InChI is InChI=1S/C48H44N4O3P2.2ClH/c1-36-44-34-49(56(38-22-10-4-11-23-38,39-24-12-5-13-25-39)40-26-14-6-15-27-40)48(3,55)50(35-45-37(2)47(54)52(46(36)53)51(44)45)57(41-28-16-7-17-29-41,42-30-18-8-19-31-42)43-32-20-9-21-33-43;;/h4-33,55H,34-35H2,1-3H3;2*1H/q+2;;/p-2. The molecule has 0 bridgehead atoms. The van der Waals surface area contributed by atoms with Crippen LogP contribution in [0, 0.1) is 13.8 Å². The number of halogens is 2. The molecule has 0 fully saturated rings. The average molecular weight is 858 g/mol. The van der Waals surface area contributed by atoms with E-state index in [0.717, 1.165) is 31.8 Å². The molecular weight excluding hydrogens is 813 g/mol. The molecule has 0 saturated carbocycles. The Morgan fingerprint density at radius 2 is 0.644 bits per heavy atom. The van der Waals surface area contributed by atoms with Gasteiger partial charge < -0.3 is 29.9 Å². The number of benzene rings is 6. The molecule has 11 heteroatoms. The molecule has 0 spiro atoms. The summed E-state index contributed by atoms with van der Waals surface area (Å²) in [4.78, 5) is 28.6. The molecule has 0 saturated heterocycles. The first kappa shape index (κ1) is 42.2. The molecule has 6 aromatic carbocycles. The molecule has 0 radical (unpaired) electrons. The lowest BCUT2D eigenvalue weighted by Crippen LogP contribution is -3.00. The van der Waals surface area contributed by atoms with Crippen LogP contribution in [0.15, 0.2) is 192 Å². The second kappa shape index (κ2) is 16.6. The quantitative estimate of drug-likeness (QED) is 0.217. The van der Waals surface area contributed by atoms with Crippen LogP contribution >= 0.6 is 14.8 Å². The van der Waals surface area contributed by atoms with Crippen LogP contribution in [0.3, 0.4) is 0 Å². The molecule has 298 valence electrons. The maximum absolute atomic E-state index is 14.5. The molecule has 0 unspecified atom stereocenters. The van der Waals surface area contributed by atoms with Gasteiger partial charge in [0.2, 0.25) is 5.85 Å². The molecular formula is C48H44Cl2N4O3P2. The van der Waals surface area contributed by atoms with Gasteiger partial charge in [0.05, 0.1) is 24.5 Å². The number of rotatable bonds is 8. The Labute approximate surface area is 358 Å². The summed E-state index contributed by atoms with van der Waals surface area (Å²) < 4.78 is 7.76. The predicted octanol–water partition coefficient (Wildman–Crippen LogP) is -0.0764. The molecule has 0 amide bonds. The summed E-state index contributed by atoms with van der Waals surface area (Å²) in [6.45, 7) is 5.88. The van der Waals surface area contributed by atoms with E-state index in [1.54, 1.807) is 0 Å². The first-order chi connectivity index (χ1) is 27.7. The SMILES string of the molecule is Cc1c2n3c(c(C)c(=O)n3c1=O)CN([P+](c1ccccc1)(c1ccccc1)c1ccccc1)C(C)(O)N([P+](c1ccccc1)(c1ccccc1)c1ccccc1)C2.[Cl-].[Cl-]. The fourth-order valence-corrected chi connectivity index (χ4v) is 18.2. The summed E-state index contributed by atoms with van der Waals surface area (Å²) in [7, 11) is -6.11. The van der Waals surface area contributed by atoms with Crippen LogP contribution in [0.4, 0.5) is 0 Å². The molecule has 3 heterocycles. The molecule has 1 aliphatic heterocycles. The van der Waals surface area contributed by atoms with Gasteiger partial charge in [0.25, 0.3) is 11.1 Å². The zero-order valence-corrected chi connectivity index (χ0v) is 36.2. The van der Waals surface area contributed by atoms with Crippen molar-refractivity contribution in [3.8, 4) is 0 Å². The summed E-state index contributed by atoms with van der Waals surface area (Å²) in [6.07, 6.45) is 0. The summed E-state index contributed by atoms with van der Waals surface area (Å²) in [5.74, 6) is -1.75. The maximum atomic E-state index is 14.5. The van der Waals surface area contributed by atoms with Crippen molar-refractivity contribution in [2.75, 3.05) is 0 Å². The van der Waals surface area contributed by atoms with Crippen molar-refractivity contribution in [2.24, 2.45) is 0 Å². The van der Waals surface area contributed by atoms with E-state index in [9.17, 15) is 14.7 Å². The number of nitrogens with zero attached hydrogens (tertiary/aromatic N) is 4. The van der Waals surface area contributed by atoms with Gasteiger partial charge in [-0.1, -0.05) is 109 Å². The van der Waals surface area contributed by atoms with E-state index in [1.807, 2.05) is 61.7 Å². The van der Waals surface area contributed by atoms with Crippen LogP contribution in [0.5, 0.6) is 0 Å². The molecule has 2 aromatic heterocycles. The lowest BCUT2D eigenvalue weighted by atomic mass is 10.2. The van der Waals surface area contributed by atoms with Gasteiger partial charge in [0.15, 0.2) is 14.8 Å². The van der Waals surface area contributed by atoms with E-state index in [4.69, 9.17) is 0 Å². The molecule has 9 rings (SSSR count). The molecule has 1 aliphatic rings. The topological polar surface area (TPSA) is 69.7 Å². The fraction of sp³-hybridized carbons (Fsp3) is 0.125. The van der Waals surface area contributed by atoms with Gasteiger partial charge in [-0.3, -0.25) is 9.59 Å². The van der Waals surface area contributed by atoms with Crippen molar-refractivity contribution >= 4 is 46.7 Å². The normalized spacial score (nSPS) is 14.5. The summed E-state index contributed by atoms with van der Waals surface area (Å²) in [5.41, 5.74) is 1.69. The Kier molecular flexibility index (Phi) is 11.9. The molecule has 1 N–H and O–H groups in total. The monoisotopic (exact) mass is 856 g/mol. The summed E-state index contributed by atoms with van der Waals surface area (Å²) >= 11 is 0. The first-order valence-electron chi connectivity index (χ1n) is 19.2. The van der Waals surface area contributed by atoms with Crippen LogP contribution < -0.4 is 67.8 Å². The summed E-state index contributed by atoms with van der Waals surface area (Å²) in [5, 5.41) is 20.9. The number of aromatic nitrogens is 2. The van der Waals surface area contributed by atoms with Crippen LogP contribution in [-0.2, 0) is 13.1 Å². The van der Waals surface area contributed by atoms with E-state index < -0.39 is 20.7 Å². The van der Waals surface area contributed by atoms with Gasteiger partial charge in [-0.15, -0.1) is 9.34 Å². The number of hydrogen-bond donors (Lipinski definition) is 1. The lowest BCUT2D eigenvalue weighted by molar-refractivity contribution is -0.137. The Morgan fingerprint density at radius 3 is 0.864 bits per heavy atom. The Hall–Kier alpha value is -4.94. The van der Waals surface area contributed by atoms with Crippen LogP contribution in [-0.4, -0.2) is 29.3 Å². The minimum absolute atomic E-state index is 0. The van der Waals surface area contributed by atoms with E-state index >= 15 is 0 Å². The van der Waals surface area contributed by atoms with Gasteiger partial charge in [-0.2, -0.15) is 4.52 Å². The Balaban J connectivity index is 0.00000264. The highest BCUT2D eigenvalue weighted by Crippen LogP contribution is 2.68. The van der Waals surface area contributed by atoms with Gasteiger partial charge in [0.1, 0.15) is 31.8 Å². The van der Waals surface area contributed by atoms with E-state index in [-0.39, 0.29) is 49.0 Å². The number of aliphatic hydroxyl groups is 1. The molecule has 59 heavy (non-hydrogen) atoms. The highest BCUT2D eigenvalue weighted by Gasteiger charge is 2.67. The molecule has 8 aromatic rings. The zero-order valence-electron chi connectivity index (χ0n) is 32.9. The predicted molar refractivity (Wildman–Crippen MR) is 236 cm³/mol. The minimum atomic E-state index is -3.06. The third kappa shape index (κ3) is 6.40. The van der Waals surface area contributed by atoms with Crippen molar-refractivity contribution in [2.45, 2.75) is 39.7 Å². The van der Waals surface area contributed by atoms with Crippen molar-refractivity contribution < 1.29 is 29.9 Å². The molecule has 0 aliphatic carbocycles. The second-order valence-corrected chi connectivity index (χ2v) is 21.4. The first-order valence-corrected chi connectivity index (χ1v) is 22.7. The Morgan fingerprint density at radius 1 is 0.424 bits per heavy atom. The largest absolute Gasteiger partial charge is 1.00 e. The van der Waals surface area contributed by atoms with Gasteiger partial charge in [-0.25, -0.2) is 4.52 Å². The van der Waals surface area contributed by atoms with Crippen molar-refractivity contribution in [3.05, 3.63) is 225 Å². The van der Waals surface area contributed by atoms with Crippen LogP contribution in [0.1, 0.15) is 29.4 Å². The summed E-state index contributed by atoms with van der Waals surface area (Å²) in [6, 6.07) is 63.0. The Bertz CT molecular complexity index is 2410.